The molecular formula is C25H24N2O3. The van der Waals surface area contributed by atoms with Crippen LogP contribution in [0.3, 0.4) is 0 Å². The number of rotatable bonds is 4. The number of methoxy groups -OCH3 is 1. The van der Waals surface area contributed by atoms with Crippen LogP contribution in [-0.2, 0) is 4.74 Å². The van der Waals surface area contributed by atoms with E-state index in [0.717, 1.165) is 22.4 Å². The summed E-state index contributed by atoms with van der Waals surface area (Å²) in [6.45, 7) is 2.06. The number of nitrogens with zero attached hydrogens (tertiary/aromatic N) is 1. The van der Waals surface area contributed by atoms with Crippen LogP contribution in [0.15, 0.2) is 77.8 Å². The summed E-state index contributed by atoms with van der Waals surface area (Å²) in [4.78, 5) is 16.7. The zero-order valence-electron chi connectivity index (χ0n) is 17.0. The third kappa shape index (κ3) is 4.11. The second-order valence-corrected chi connectivity index (χ2v) is 7.44. The SMILES string of the molecule is COC(=O)c1ccc(C2N=C(c3ccc(C)cc3)CC(c3ccccc3O)N2)cc1. The van der Waals surface area contributed by atoms with E-state index in [1.54, 1.807) is 18.2 Å². The number of hydrogen-bond acceptors (Lipinski definition) is 5. The molecule has 0 radical (unpaired) electrons. The fourth-order valence-corrected chi connectivity index (χ4v) is 3.70. The number of ether oxygens (including phenoxy) is 1. The number of aryl methyl sites for hydroxylation is 1. The summed E-state index contributed by atoms with van der Waals surface area (Å²) >= 11 is 0. The molecule has 0 saturated carbocycles. The first-order valence-electron chi connectivity index (χ1n) is 9.91. The second kappa shape index (κ2) is 8.51. The van der Waals surface area contributed by atoms with Crippen LogP contribution in [0, 0.1) is 6.92 Å². The number of carbonyl (C=O) groups excluding carboxylic acids is 1. The Bertz CT molecular complexity index is 1070. The molecule has 5 nitrogen and oxygen atoms in total. The summed E-state index contributed by atoms with van der Waals surface area (Å²) in [5.74, 6) is -0.103. The topological polar surface area (TPSA) is 70.9 Å². The van der Waals surface area contributed by atoms with Crippen LogP contribution in [0.5, 0.6) is 5.75 Å². The van der Waals surface area contributed by atoms with Gasteiger partial charge in [0.25, 0.3) is 0 Å². The predicted octanol–water partition coefficient (Wildman–Crippen LogP) is 4.71. The van der Waals surface area contributed by atoms with E-state index in [-0.39, 0.29) is 23.9 Å². The summed E-state index contributed by atoms with van der Waals surface area (Å²) in [6, 6.07) is 22.9. The Morgan fingerprint density at radius 3 is 2.40 bits per heavy atom. The maximum absolute atomic E-state index is 11.7. The van der Waals surface area contributed by atoms with E-state index in [2.05, 4.69) is 36.5 Å². The largest absolute Gasteiger partial charge is 0.508 e. The minimum absolute atomic E-state index is 0.0923. The first kappa shape index (κ1) is 19.9. The predicted molar refractivity (Wildman–Crippen MR) is 117 cm³/mol. The van der Waals surface area contributed by atoms with Gasteiger partial charge in [-0.05, 0) is 36.2 Å². The van der Waals surface area contributed by atoms with Crippen molar-refractivity contribution in [3.63, 3.8) is 0 Å². The lowest BCUT2D eigenvalue weighted by atomic mass is 9.93. The van der Waals surface area contributed by atoms with Crippen molar-refractivity contribution < 1.29 is 14.6 Å². The van der Waals surface area contributed by atoms with Crippen molar-refractivity contribution in [2.24, 2.45) is 4.99 Å². The molecule has 1 aliphatic rings. The maximum atomic E-state index is 11.7. The third-order valence-corrected chi connectivity index (χ3v) is 5.39. The molecule has 0 spiro atoms. The second-order valence-electron chi connectivity index (χ2n) is 7.44. The van der Waals surface area contributed by atoms with Crippen LogP contribution in [0.1, 0.15) is 51.2 Å². The summed E-state index contributed by atoms with van der Waals surface area (Å²) in [7, 11) is 1.37. The van der Waals surface area contributed by atoms with Crippen molar-refractivity contribution in [1.82, 2.24) is 5.32 Å². The van der Waals surface area contributed by atoms with Gasteiger partial charge in [0.15, 0.2) is 0 Å². The molecule has 5 heteroatoms. The monoisotopic (exact) mass is 400 g/mol. The number of nitrogens with one attached hydrogen (secondary N) is 1. The molecule has 0 amide bonds. The third-order valence-electron chi connectivity index (χ3n) is 5.39. The molecule has 3 aromatic rings. The Morgan fingerprint density at radius 2 is 1.73 bits per heavy atom. The molecule has 2 atom stereocenters. The summed E-state index contributed by atoms with van der Waals surface area (Å²) < 4.78 is 4.78. The van der Waals surface area contributed by atoms with Crippen molar-refractivity contribution in [1.29, 1.82) is 0 Å². The van der Waals surface area contributed by atoms with Gasteiger partial charge in [-0.1, -0.05) is 60.2 Å². The standard InChI is InChI=1S/C25H24N2O3/c1-16-7-9-17(10-8-16)21-15-22(20-5-3-4-6-23(20)28)27-24(26-21)18-11-13-19(14-12-18)25(29)30-2/h3-14,22,24,27-28H,15H2,1-2H3. The van der Waals surface area contributed by atoms with Crippen LogP contribution in [0.4, 0.5) is 0 Å². The van der Waals surface area contributed by atoms with Crippen molar-refractivity contribution in [2.75, 3.05) is 7.11 Å². The van der Waals surface area contributed by atoms with Gasteiger partial charge in [0.2, 0.25) is 0 Å². The van der Waals surface area contributed by atoms with E-state index in [1.165, 1.54) is 12.7 Å². The molecule has 0 fully saturated rings. The Morgan fingerprint density at radius 1 is 1.03 bits per heavy atom. The first-order chi connectivity index (χ1) is 14.5. The van der Waals surface area contributed by atoms with E-state index >= 15 is 0 Å². The average Bonchev–Trinajstić information content (AvgIpc) is 2.79. The number of para-hydroxylation sites is 1. The number of phenols is 1. The van der Waals surface area contributed by atoms with E-state index in [1.807, 2.05) is 30.3 Å². The number of esters is 1. The van der Waals surface area contributed by atoms with E-state index < -0.39 is 0 Å². The molecule has 0 aromatic heterocycles. The lowest BCUT2D eigenvalue weighted by Crippen LogP contribution is -2.33. The van der Waals surface area contributed by atoms with Crippen LogP contribution >= 0.6 is 0 Å². The molecular weight excluding hydrogens is 376 g/mol. The smallest absolute Gasteiger partial charge is 0.337 e. The zero-order valence-corrected chi connectivity index (χ0v) is 17.0. The number of benzene rings is 3. The highest BCUT2D eigenvalue weighted by Gasteiger charge is 2.27. The molecule has 0 saturated heterocycles. The van der Waals surface area contributed by atoms with Gasteiger partial charge in [-0.3, -0.25) is 10.3 Å². The van der Waals surface area contributed by atoms with E-state index in [0.29, 0.717) is 12.0 Å². The van der Waals surface area contributed by atoms with Crippen molar-refractivity contribution in [3.8, 4) is 5.75 Å². The van der Waals surface area contributed by atoms with Crippen molar-refractivity contribution >= 4 is 11.7 Å². The number of hydrogen-bond donors (Lipinski definition) is 2. The first-order valence-corrected chi connectivity index (χ1v) is 9.91. The number of phenolic OH excluding ortho intramolecular Hbond substituents is 1. The number of aliphatic imine (C=N–C) groups is 1. The van der Waals surface area contributed by atoms with Gasteiger partial charge >= 0.3 is 5.97 Å². The highest BCUT2D eigenvalue weighted by molar-refractivity contribution is 6.01. The van der Waals surface area contributed by atoms with Gasteiger partial charge < -0.3 is 9.84 Å². The average molecular weight is 400 g/mol. The fourth-order valence-electron chi connectivity index (χ4n) is 3.70. The van der Waals surface area contributed by atoms with Crippen LogP contribution in [-0.4, -0.2) is 23.9 Å². The minimum atomic E-state index is -0.367. The van der Waals surface area contributed by atoms with Gasteiger partial charge in [-0.25, -0.2) is 4.79 Å². The van der Waals surface area contributed by atoms with Crippen molar-refractivity contribution in [3.05, 3.63) is 101 Å². The molecule has 2 N–H and O–H groups in total. The molecule has 1 aliphatic heterocycles. The van der Waals surface area contributed by atoms with Gasteiger partial charge in [0.1, 0.15) is 11.9 Å². The summed E-state index contributed by atoms with van der Waals surface area (Å²) in [5, 5.41) is 13.9. The molecule has 3 aromatic carbocycles. The molecule has 2 unspecified atom stereocenters. The number of aromatic hydroxyl groups is 1. The minimum Gasteiger partial charge on any atom is -0.508 e. The van der Waals surface area contributed by atoms with Gasteiger partial charge in [0.05, 0.1) is 12.7 Å². The fraction of sp³-hybridized carbons (Fsp3) is 0.200. The maximum Gasteiger partial charge on any atom is 0.337 e. The Balaban J connectivity index is 1.71. The molecule has 30 heavy (non-hydrogen) atoms. The molecule has 0 bridgehead atoms. The molecule has 1 heterocycles. The Hall–Kier alpha value is -3.44. The summed E-state index contributed by atoms with van der Waals surface area (Å²) in [5.41, 5.74) is 5.51. The lowest BCUT2D eigenvalue weighted by Gasteiger charge is -2.31. The van der Waals surface area contributed by atoms with Crippen LogP contribution in [0.2, 0.25) is 0 Å². The highest BCUT2D eigenvalue weighted by Crippen LogP contribution is 2.34. The van der Waals surface area contributed by atoms with E-state index in [9.17, 15) is 9.90 Å². The normalized spacial score (nSPS) is 18.5. The lowest BCUT2D eigenvalue weighted by molar-refractivity contribution is 0.0600. The highest BCUT2D eigenvalue weighted by atomic mass is 16.5. The molecule has 152 valence electrons. The Labute approximate surface area is 176 Å². The van der Waals surface area contributed by atoms with Gasteiger partial charge in [-0.2, -0.15) is 0 Å². The number of carbonyl (C=O) groups is 1. The molecule has 4 rings (SSSR count). The Kier molecular flexibility index (Phi) is 5.63. The van der Waals surface area contributed by atoms with Crippen LogP contribution < -0.4 is 5.32 Å². The van der Waals surface area contributed by atoms with Crippen molar-refractivity contribution in [2.45, 2.75) is 25.6 Å². The molecule has 0 aliphatic carbocycles. The van der Waals surface area contributed by atoms with E-state index in [4.69, 9.17) is 9.73 Å². The van der Waals surface area contributed by atoms with Crippen LogP contribution in [0.25, 0.3) is 0 Å². The zero-order chi connectivity index (χ0) is 21.1. The quantitative estimate of drug-likeness (QED) is 0.622. The summed E-state index contributed by atoms with van der Waals surface area (Å²) in [6.07, 6.45) is 0.364. The van der Waals surface area contributed by atoms with Gasteiger partial charge in [-0.15, -0.1) is 0 Å². The van der Waals surface area contributed by atoms with Gasteiger partial charge in [0, 0.05) is 23.7 Å².